The lowest BCUT2D eigenvalue weighted by molar-refractivity contribution is -0.141. The second-order valence-electron chi connectivity index (χ2n) is 2.59. The van der Waals surface area contributed by atoms with E-state index in [2.05, 4.69) is 4.98 Å². The Morgan fingerprint density at radius 3 is 2.20 bits per heavy atom. The summed E-state index contributed by atoms with van der Waals surface area (Å²) in [7, 11) is 0. The average molecular weight is 230 g/mol. The number of hydrogen-bond acceptors (Lipinski definition) is 2. The summed E-state index contributed by atoms with van der Waals surface area (Å²) in [5, 5.41) is 0. The van der Waals surface area contributed by atoms with E-state index in [0.717, 1.165) is 0 Å². The van der Waals surface area contributed by atoms with E-state index in [9.17, 15) is 26.3 Å². The van der Waals surface area contributed by atoms with Crippen LogP contribution in [0.25, 0.3) is 0 Å². The molecule has 0 saturated carbocycles. The van der Waals surface area contributed by atoms with Crippen molar-refractivity contribution in [3.05, 3.63) is 23.1 Å². The topological polar surface area (TPSA) is 38.9 Å². The van der Waals surface area contributed by atoms with Crippen molar-refractivity contribution in [2.75, 3.05) is 5.73 Å². The first kappa shape index (κ1) is 11.6. The number of rotatable bonds is 1. The van der Waals surface area contributed by atoms with E-state index in [1.54, 1.807) is 0 Å². The summed E-state index contributed by atoms with van der Waals surface area (Å²) in [6, 6.07) is -0.0592. The second-order valence-corrected chi connectivity index (χ2v) is 2.59. The van der Waals surface area contributed by atoms with Gasteiger partial charge in [-0.3, -0.25) is 0 Å². The lowest BCUT2D eigenvalue weighted by Crippen LogP contribution is -2.12. The summed E-state index contributed by atoms with van der Waals surface area (Å²) in [6.07, 6.45) is -8.32. The quantitative estimate of drug-likeness (QED) is 0.753. The van der Waals surface area contributed by atoms with Crippen LogP contribution in [-0.4, -0.2) is 4.98 Å². The zero-order valence-electron chi connectivity index (χ0n) is 6.95. The molecule has 1 aromatic rings. The highest BCUT2D eigenvalue weighted by Gasteiger charge is 2.35. The van der Waals surface area contributed by atoms with E-state index in [0.29, 0.717) is 0 Å². The maximum absolute atomic E-state index is 12.8. The molecule has 15 heavy (non-hydrogen) atoms. The third-order valence-electron chi connectivity index (χ3n) is 1.54. The summed E-state index contributed by atoms with van der Waals surface area (Å²) in [5.41, 5.74) is 1.69. The Labute approximate surface area is 79.7 Å². The monoisotopic (exact) mass is 230 g/mol. The van der Waals surface area contributed by atoms with Crippen molar-refractivity contribution in [1.29, 1.82) is 0 Å². The van der Waals surface area contributed by atoms with E-state index >= 15 is 0 Å². The first-order valence-corrected chi connectivity index (χ1v) is 3.54. The van der Waals surface area contributed by atoms with Crippen LogP contribution in [0.2, 0.25) is 0 Å². The number of anilines is 1. The van der Waals surface area contributed by atoms with Crippen LogP contribution in [0.15, 0.2) is 6.07 Å². The van der Waals surface area contributed by atoms with Crippen LogP contribution in [0.4, 0.5) is 32.2 Å². The normalized spacial score (nSPS) is 12.2. The van der Waals surface area contributed by atoms with E-state index in [1.807, 2.05) is 0 Å². The lowest BCUT2D eigenvalue weighted by atomic mass is 10.2. The number of pyridine rings is 1. The molecule has 1 rings (SSSR count). The molecule has 0 aliphatic rings. The maximum Gasteiger partial charge on any atom is 0.433 e. The predicted octanol–water partition coefficient (Wildman–Crippen LogP) is 2.76. The van der Waals surface area contributed by atoms with Crippen molar-refractivity contribution in [3.8, 4) is 0 Å². The Morgan fingerprint density at radius 1 is 1.27 bits per heavy atom. The van der Waals surface area contributed by atoms with Gasteiger partial charge in [0.25, 0.3) is 6.43 Å². The van der Waals surface area contributed by atoms with Crippen LogP contribution in [0.1, 0.15) is 17.7 Å². The standard InChI is InChI=1S/C7H4F6N2/c8-4-2(5(9)10)1-3(7(11,12)13)15-6(4)14/h1,5H,(H2,14,15). The van der Waals surface area contributed by atoms with Gasteiger partial charge in [0.1, 0.15) is 5.69 Å². The molecule has 0 radical (unpaired) electrons. The number of nitrogen functional groups attached to an aromatic ring is 1. The summed E-state index contributed by atoms with van der Waals surface area (Å²) in [5.74, 6) is -2.82. The van der Waals surface area contributed by atoms with Crippen molar-refractivity contribution in [2.24, 2.45) is 0 Å². The lowest BCUT2D eigenvalue weighted by Gasteiger charge is -2.10. The fourth-order valence-corrected chi connectivity index (χ4v) is 0.874. The second kappa shape index (κ2) is 3.59. The van der Waals surface area contributed by atoms with Crippen LogP contribution in [0, 0.1) is 5.82 Å². The Hall–Kier alpha value is -1.47. The zero-order chi connectivity index (χ0) is 11.8. The van der Waals surface area contributed by atoms with Crippen molar-refractivity contribution in [1.82, 2.24) is 4.98 Å². The highest BCUT2D eigenvalue weighted by molar-refractivity contribution is 5.38. The van der Waals surface area contributed by atoms with Crippen LogP contribution in [0.5, 0.6) is 0 Å². The van der Waals surface area contributed by atoms with Crippen LogP contribution < -0.4 is 5.73 Å². The molecule has 0 amide bonds. The number of nitrogens with two attached hydrogens (primary N) is 1. The Kier molecular flexibility index (Phi) is 2.78. The largest absolute Gasteiger partial charge is 0.433 e. The highest BCUT2D eigenvalue weighted by atomic mass is 19.4. The summed E-state index contributed by atoms with van der Waals surface area (Å²) >= 11 is 0. The van der Waals surface area contributed by atoms with E-state index in [1.165, 1.54) is 0 Å². The molecule has 0 aliphatic heterocycles. The Bertz CT molecular complexity index is 372. The maximum atomic E-state index is 12.8. The van der Waals surface area contributed by atoms with Gasteiger partial charge in [-0.25, -0.2) is 18.2 Å². The van der Waals surface area contributed by atoms with Crippen molar-refractivity contribution in [3.63, 3.8) is 0 Å². The van der Waals surface area contributed by atoms with Gasteiger partial charge in [0.05, 0.1) is 5.56 Å². The van der Waals surface area contributed by atoms with Gasteiger partial charge in [0, 0.05) is 0 Å². The molecular weight excluding hydrogens is 226 g/mol. The van der Waals surface area contributed by atoms with Gasteiger partial charge in [0.2, 0.25) is 0 Å². The Morgan fingerprint density at radius 2 is 1.80 bits per heavy atom. The van der Waals surface area contributed by atoms with Crippen LogP contribution in [0.3, 0.4) is 0 Å². The van der Waals surface area contributed by atoms with Crippen molar-refractivity contribution in [2.45, 2.75) is 12.6 Å². The van der Waals surface area contributed by atoms with E-state index < -0.39 is 35.5 Å². The summed E-state index contributed by atoms with van der Waals surface area (Å²) < 4.78 is 73.1. The summed E-state index contributed by atoms with van der Waals surface area (Å²) in [4.78, 5) is 2.63. The first-order valence-electron chi connectivity index (χ1n) is 3.54. The molecule has 0 atom stereocenters. The van der Waals surface area contributed by atoms with Gasteiger partial charge in [-0.15, -0.1) is 0 Å². The highest BCUT2D eigenvalue weighted by Crippen LogP contribution is 2.33. The van der Waals surface area contributed by atoms with Crippen LogP contribution >= 0.6 is 0 Å². The van der Waals surface area contributed by atoms with Gasteiger partial charge < -0.3 is 5.73 Å². The molecular formula is C7H4F6N2. The Balaban J connectivity index is 3.36. The van der Waals surface area contributed by atoms with Gasteiger partial charge in [0.15, 0.2) is 11.6 Å². The van der Waals surface area contributed by atoms with Gasteiger partial charge >= 0.3 is 6.18 Å². The SMILES string of the molecule is Nc1nc(C(F)(F)F)cc(C(F)F)c1F. The molecule has 2 N–H and O–H groups in total. The minimum Gasteiger partial charge on any atom is -0.381 e. The average Bonchev–Trinajstić information content (AvgIpc) is 2.06. The molecule has 2 nitrogen and oxygen atoms in total. The smallest absolute Gasteiger partial charge is 0.381 e. The number of alkyl halides is 5. The third kappa shape index (κ3) is 2.31. The molecule has 0 unspecified atom stereocenters. The van der Waals surface area contributed by atoms with Gasteiger partial charge in [-0.2, -0.15) is 13.2 Å². The molecule has 0 aliphatic carbocycles. The van der Waals surface area contributed by atoms with Crippen LogP contribution in [-0.2, 0) is 6.18 Å². The van der Waals surface area contributed by atoms with Gasteiger partial charge in [-0.05, 0) is 6.07 Å². The first-order chi connectivity index (χ1) is 6.73. The zero-order valence-corrected chi connectivity index (χ0v) is 6.95. The molecule has 1 aromatic heterocycles. The fraction of sp³-hybridized carbons (Fsp3) is 0.286. The van der Waals surface area contributed by atoms with Crippen molar-refractivity contribution >= 4 is 5.82 Å². The van der Waals surface area contributed by atoms with E-state index in [-0.39, 0.29) is 6.07 Å². The summed E-state index contributed by atoms with van der Waals surface area (Å²) in [6.45, 7) is 0. The molecule has 0 bridgehead atoms. The van der Waals surface area contributed by atoms with Crippen molar-refractivity contribution < 1.29 is 26.3 Å². The minimum atomic E-state index is -4.94. The molecule has 84 valence electrons. The molecule has 0 fully saturated rings. The molecule has 1 heterocycles. The number of halogens is 6. The number of hydrogen-bond donors (Lipinski definition) is 1. The third-order valence-corrected chi connectivity index (χ3v) is 1.54. The molecule has 0 aromatic carbocycles. The molecule has 0 spiro atoms. The molecule has 8 heteroatoms. The predicted molar refractivity (Wildman–Crippen MR) is 38.6 cm³/mol. The van der Waals surface area contributed by atoms with E-state index in [4.69, 9.17) is 5.73 Å². The number of nitrogens with zero attached hydrogens (tertiary/aromatic N) is 1. The number of aromatic nitrogens is 1. The molecule has 0 saturated heterocycles. The fourth-order valence-electron chi connectivity index (χ4n) is 0.874. The van der Waals surface area contributed by atoms with Gasteiger partial charge in [-0.1, -0.05) is 0 Å². The minimum absolute atomic E-state index is 0.0592.